The zero-order valence-electron chi connectivity index (χ0n) is 19.5. The summed E-state index contributed by atoms with van der Waals surface area (Å²) in [6.45, 7) is 2.69. The molecule has 1 atom stereocenters. The van der Waals surface area contributed by atoms with Crippen LogP contribution in [0.4, 0.5) is 0 Å². The number of rotatable bonds is 8. The fourth-order valence-electron chi connectivity index (χ4n) is 4.17. The van der Waals surface area contributed by atoms with Gasteiger partial charge in [0.15, 0.2) is 0 Å². The summed E-state index contributed by atoms with van der Waals surface area (Å²) in [5.74, 6) is -1.00. The van der Waals surface area contributed by atoms with Crippen LogP contribution in [0.1, 0.15) is 28.3 Å². The van der Waals surface area contributed by atoms with E-state index in [1.54, 1.807) is 42.5 Å². The number of carbonyl (C=O) groups is 2. The quantitative estimate of drug-likeness (QED) is 0.263. The van der Waals surface area contributed by atoms with Crippen LogP contribution in [0.15, 0.2) is 78.4 Å². The number of hydrogen-bond donors (Lipinski definition) is 1. The number of ketones is 1. The van der Waals surface area contributed by atoms with Gasteiger partial charge >= 0.3 is 0 Å². The van der Waals surface area contributed by atoms with Gasteiger partial charge in [0.05, 0.1) is 18.2 Å². The second-order valence-corrected chi connectivity index (χ2v) is 8.72. The first-order chi connectivity index (χ1) is 16.9. The van der Waals surface area contributed by atoms with Gasteiger partial charge in [0, 0.05) is 24.2 Å². The number of hydrogen-bond acceptors (Lipinski definition) is 5. The molecular weight excluding hydrogens is 466 g/mol. The minimum absolute atomic E-state index is 0.0366. The minimum Gasteiger partial charge on any atom is -0.507 e. The van der Waals surface area contributed by atoms with Crippen LogP contribution in [0.2, 0.25) is 5.02 Å². The van der Waals surface area contributed by atoms with E-state index in [2.05, 4.69) is 0 Å². The number of likely N-dealkylation sites (tertiary alicyclic amines) is 1. The Morgan fingerprint density at radius 2 is 1.74 bits per heavy atom. The first kappa shape index (κ1) is 24.5. The summed E-state index contributed by atoms with van der Waals surface area (Å²) in [5, 5.41) is 11.8. The molecule has 1 N–H and O–H groups in total. The highest BCUT2D eigenvalue weighted by molar-refractivity contribution is 6.46. The molecule has 1 saturated heterocycles. The molecule has 1 fully saturated rings. The number of ether oxygens (including phenoxy) is 2. The molecule has 1 heterocycles. The normalized spacial score (nSPS) is 17.1. The number of benzene rings is 3. The molecule has 6 nitrogen and oxygen atoms in total. The van der Waals surface area contributed by atoms with Gasteiger partial charge < -0.3 is 19.5 Å². The summed E-state index contributed by atoms with van der Waals surface area (Å²) in [5.41, 5.74) is 2.92. The van der Waals surface area contributed by atoms with Gasteiger partial charge in [0.25, 0.3) is 11.7 Å². The van der Waals surface area contributed by atoms with E-state index in [0.717, 1.165) is 5.56 Å². The standard InChI is InChI=1S/C28H26ClNO5/c1-18-16-22(35-17-19-6-4-3-5-7-19)12-13-23(18)26(31)24-25(20-8-10-21(29)11-9-20)30(14-15-34-2)28(33)27(24)32/h3-13,16,25,31H,14-15,17H2,1-2H3/b26-24+. The van der Waals surface area contributed by atoms with Crippen LogP contribution >= 0.6 is 11.6 Å². The highest BCUT2D eigenvalue weighted by Crippen LogP contribution is 2.40. The van der Waals surface area contributed by atoms with Crippen LogP contribution in [0.3, 0.4) is 0 Å². The molecule has 4 rings (SSSR count). The molecule has 1 aliphatic rings. The second-order valence-electron chi connectivity index (χ2n) is 8.29. The van der Waals surface area contributed by atoms with E-state index < -0.39 is 17.7 Å². The third-order valence-corrected chi connectivity index (χ3v) is 6.22. The van der Waals surface area contributed by atoms with Crippen LogP contribution in [0.25, 0.3) is 5.76 Å². The van der Waals surface area contributed by atoms with E-state index in [4.69, 9.17) is 21.1 Å². The number of aliphatic hydroxyl groups excluding tert-OH is 1. The SMILES string of the molecule is COCCN1C(=O)C(=O)/C(=C(/O)c2ccc(OCc3ccccc3)cc2C)C1c1ccc(Cl)cc1. The molecule has 180 valence electrons. The molecule has 7 heteroatoms. The van der Waals surface area contributed by atoms with Crippen molar-refractivity contribution in [2.45, 2.75) is 19.6 Å². The Morgan fingerprint density at radius 3 is 2.40 bits per heavy atom. The van der Waals surface area contributed by atoms with Crippen LogP contribution < -0.4 is 4.74 Å². The molecule has 1 unspecified atom stereocenters. The molecule has 0 radical (unpaired) electrons. The number of nitrogens with zero attached hydrogens (tertiary/aromatic N) is 1. The third-order valence-electron chi connectivity index (χ3n) is 5.96. The Hall–Kier alpha value is -3.61. The van der Waals surface area contributed by atoms with E-state index in [1.807, 2.05) is 37.3 Å². The maximum Gasteiger partial charge on any atom is 0.295 e. The molecular formula is C28H26ClNO5. The predicted octanol–water partition coefficient (Wildman–Crippen LogP) is 5.30. The maximum atomic E-state index is 13.1. The Labute approximate surface area is 209 Å². The number of amides is 1. The summed E-state index contributed by atoms with van der Waals surface area (Å²) in [6, 6.07) is 21.2. The van der Waals surface area contributed by atoms with Crippen molar-refractivity contribution in [3.63, 3.8) is 0 Å². The molecule has 1 amide bonds. The van der Waals surface area contributed by atoms with E-state index in [0.29, 0.717) is 34.1 Å². The second kappa shape index (κ2) is 10.8. The number of aryl methyl sites for hydroxylation is 1. The fourth-order valence-corrected chi connectivity index (χ4v) is 4.30. The number of halogens is 1. The average Bonchev–Trinajstić information content (AvgIpc) is 3.12. The van der Waals surface area contributed by atoms with Gasteiger partial charge in [-0.3, -0.25) is 9.59 Å². The summed E-state index contributed by atoms with van der Waals surface area (Å²) in [7, 11) is 1.53. The fraction of sp³-hybridized carbons (Fsp3) is 0.214. The van der Waals surface area contributed by atoms with Crippen molar-refractivity contribution >= 4 is 29.1 Å². The largest absolute Gasteiger partial charge is 0.507 e. The Morgan fingerprint density at radius 1 is 1.03 bits per heavy atom. The van der Waals surface area contributed by atoms with E-state index in [-0.39, 0.29) is 24.5 Å². The molecule has 1 aliphatic heterocycles. The maximum absolute atomic E-state index is 13.1. The van der Waals surface area contributed by atoms with Gasteiger partial charge in [0.1, 0.15) is 18.1 Å². The highest BCUT2D eigenvalue weighted by Gasteiger charge is 2.46. The number of methoxy groups -OCH3 is 1. The number of aliphatic hydroxyl groups is 1. The summed E-state index contributed by atoms with van der Waals surface area (Å²) in [4.78, 5) is 27.4. The van der Waals surface area contributed by atoms with Crippen molar-refractivity contribution in [1.82, 2.24) is 4.90 Å². The zero-order valence-corrected chi connectivity index (χ0v) is 20.3. The van der Waals surface area contributed by atoms with Crippen molar-refractivity contribution in [2.75, 3.05) is 20.3 Å². The lowest BCUT2D eigenvalue weighted by molar-refractivity contribution is -0.140. The van der Waals surface area contributed by atoms with Gasteiger partial charge in [-0.2, -0.15) is 0 Å². The van der Waals surface area contributed by atoms with Crippen molar-refractivity contribution in [3.8, 4) is 5.75 Å². The Balaban J connectivity index is 1.70. The molecule has 0 bridgehead atoms. The lowest BCUT2D eigenvalue weighted by Crippen LogP contribution is -2.32. The number of Topliss-reactive ketones (excluding diaryl/α,β-unsaturated/α-hetero) is 1. The van der Waals surface area contributed by atoms with Gasteiger partial charge in [-0.1, -0.05) is 54.1 Å². The predicted molar refractivity (Wildman–Crippen MR) is 134 cm³/mol. The summed E-state index contributed by atoms with van der Waals surface area (Å²) >= 11 is 6.05. The van der Waals surface area contributed by atoms with Crippen LogP contribution in [-0.4, -0.2) is 42.0 Å². The highest BCUT2D eigenvalue weighted by atomic mass is 35.5. The molecule has 3 aromatic carbocycles. The average molecular weight is 492 g/mol. The zero-order chi connectivity index (χ0) is 24.9. The molecule has 3 aromatic rings. The topological polar surface area (TPSA) is 76.1 Å². The Bertz CT molecular complexity index is 1250. The van der Waals surface area contributed by atoms with Gasteiger partial charge in [-0.15, -0.1) is 0 Å². The van der Waals surface area contributed by atoms with Gasteiger partial charge in [0.2, 0.25) is 0 Å². The van der Waals surface area contributed by atoms with E-state index in [9.17, 15) is 14.7 Å². The monoisotopic (exact) mass is 491 g/mol. The molecule has 0 spiro atoms. The first-order valence-corrected chi connectivity index (χ1v) is 11.6. The summed E-state index contributed by atoms with van der Waals surface area (Å²) < 4.78 is 11.0. The van der Waals surface area contributed by atoms with Crippen molar-refractivity contribution in [2.24, 2.45) is 0 Å². The van der Waals surface area contributed by atoms with Gasteiger partial charge in [-0.25, -0.2) is 0 Å². The Kier molecular flexibility index (Phi) is 7.54. The van der Waals surface area contributed by atoms with Crippen molar-refractivity contribution < 1.29 is 24.2 Å². The minimum atomic E-state index is -0.754. The molecule has 0 aromatic heterocycles. The van der Waals surface area contributed by atoms with Gasteiger partial charge in [-0.05, 0) is 53.9 Å². The lowest BCUT2D eigenvalue weighted by Gasteiger charge is -2.25. The number of carbonyl (C=O) groups excluding carboxylic acids is 2. The summed E-state index contributed by atoms with van der Waals surface area (Å²) in [6.07, 6.45) is 0. The molecule has 0 saturated carbocycles. The molecule has 35 heavy (non-hydrogen) atoms. The molecule has 0 aliphatic carbocycles. The van der Waals surface area contributed by atoms with Crippen molar-refractivity contribution in [1.29, 1.82) is 0 Å². The smallest absolute Gasteiger partial charge is 0.295 e. The van der Waals surface area contributed by atoms with Crippen LogP contribution in [0.5, 0.6) is 5.75 Å². The van der Waals surface area contributed by atoms with E-state index in [1.165, 1.54) is 12.0 Å². The van der Waals surface area contributed by atoms with Crippen LogP contribution in [0, 0.1) is 6.92 Å². The third kappa shape index (κ3) is 5.24. The first-order valence-electron chi connectivity index (χ1n) is 11.2. The van der Waals surface area contributed by atoms with Crippen LogP contribution in [-0.2, 0) is 20.9 Å². The van der Waals surface area contributed by atoms with E-state index >= 15 is 0 Å². The lowest BCUT2D eigenvalue weighted by atomic mass is 9.94. The van der Waals surface area contributed by atoms with Crippen molar-refractivity contribution in [3.05, 3.63) is 106 Å².